The third kappa shape index (κ3) is 1.54. The molecule has 2 bridgehead atoms. The maximum absolute atomic E-state index is 11.8. The van der Waals surface area contributed by atoms with Gasteiger partial charge < -0.3 is 14.6 Å². The zero-order valence-electron chi connectivity index (χ0n) is 12.6. The van der Waals surface area contributed by atoms with Crippen LogP contribution in [0.5, 0.6) is 0 Å². The molecule has 5 rings (SSSR count). The van der Waals surface area contributed by atoms with E-state index in [1.165, 1.54) is 0 Å². The lowest BCUT2D eigenvalue weighted by molar-refractivity contribution is -0.541. The number of carbonyl (C=O) groups is 1. The maximum Gasteiger partial charge on any atom is 0.336 e. The molecule has 6 nitrogen and oxygen atoms in total. The highest BCUT2D eigenvalue weighted by Gasteiger charge is 2.75. The average Bonchev–Trinajstić information content (AvgIpc) is 2.52. The first-order valence-corrected chi connectivity index (χ1v) is 7.78. The topological polar surface area (TPSA) is 74.2 Å². The molecule has 4 saturated heterocycles. The van der Waals surface area contributed by atoms with Gasteiger partial charge in [-0.25, -0.2) is 14.6 Å². The molecule has 1 spiro atoms. The van der Waals surface area contributed by atoms with Gasteiger partial charge in [0.25, 0.3) is 0 Å². The number of hydrogen-bond donors (Lipinski definition) is 1. The number of rotatable bonds is 1. The molecule has 4 heterocycles. The van der Waals surface area contributed by atoms with E-state index >= 15 is 0 Å². The molecule has 6 heteroatoms. The zero-order chi connectivity index (χ0) is 15.0. The highest BCUT2D eigenvalue weighted by molar-refractivity contribution is 5.78. The van der Waals surface area contributed by atoms with E-state index in [1.807, 2.05) is 6.92 Å². The minimum Gasteiger partial charge on any atom is -0.479 e. The first kappa shape index (κ1) is 13.9. The molecule has 0 aromatic heterocycles. The van der Waals surface area contributed by atoms with Crippen LogP contribution in [0, 0.1) is 17.8 Å². The van der Waals surface area contributed by atoms with E-state index in [2.05, 4.69) is 6.92 Å². The quantitative estimate of drug-likeness (QED) is 0.747. The first-order chi connectivity index (χ1) is 9.82. The molecule has 1 aliphatic carbocycles. The minimum atomic E-state index is -1.28. The van der Waals surface area contributed by atoms with Gasteiger partial charge in [0, 0.05) is 12.3 Å². The molecule has 21 heavy (non-hydrogen) atoms. The molecule has 5 aliphatic rings. The van der Waals surface area contributed by atoms with Crippen LogP contribution in [0.4, 0.5) is 0 Å². The number of aliphatic carboxylic acids is 1. The van der Waals surface area contributed by atoms with Crippen molar-refractivity contribution in [3.8, 4) is 0 Å². The van der Waals surface area contributed by atoms with Crippen molar-refractivity contribution in [1.29, 1.82) is 0 Å². The molecule has 118 valence electrons. The van der Waals surface area contributed by atoms with Gasteiger partial charge in [-0.3, -0.25) is 0 Å². The van der Waals surface area contributed by atoms with Crippen LogP contribution in [-0.4, -0.2) is 34.4 Å². The second-order valence-electron chi connectivity index (χ2n) is 7.39. The number of carboxylic acid groups (broad SMARTS) is 1. The molecular formula is C15H22O6. The van der Waals surface area contributed by atoms with Gasteiger partial charge in [0.05, 0.1) is 0 Å². The van der Waals surface area contributed by atoms with E-state index in [9.17, 15) is 9.90 Å². The van der Waals surface area contributed by atoms with Gasteiger partial charge in [-0.1, -0.05) is 6.92 Å². The van der Waals surface area contributed by atoms with Crippen LogP contribution < -0.4 is 0 Å². The van der Waals surface area contributed by atoms with Gasteiger partial charge in [0.15, 0.2) is 17.5 Å². The fourth-order valence-corrected chi connectivity index (χ4v) is 4.91. The third-order valence-electron chi connectivity index (χ3n) is 6.16. The summed E-state index contributed by atoms with van der Waals surface area (Å²) in [7, 11) is 0. The summed E-state index contributed by atoms with van der Waals surface area (Å²) in [6.45, 7) is 5.67. The third-order valence-corrected chi connectivity index (χ3v) is 6.16. The molecule has 1 saturated carbocycles. The van der Waals surface area contributed by atoms with E-state index in [4.69, 9.17) is 19.2 Å². The largest absolute Gasteiger partial charge is 0.479 e. The molecule has 0 unspecified atom stereocenters. The summed E-state index contributed by atoms with van der Waals surface area (Å²) in [6.07, 6.45) is 2.71. The smallest absolute Gasteiger partial charge is 0.336 e. The van der Waals surface area contributed by atoms with Crippen LogP contribution >= 0.6 is 0 Å². The molecule has 0 aromatic rings. The van der Waals surface area contributed by atoms with Crippen LogP contribution in [-0.2, 0) is 24.0 Å². The van der Waals surface area contributed by atoms with Crippen molar-refractivity contribution >= 4 is 5.97 Å². The molecule has 1 N–H and O–H groups in total. The second-order valence-corrected chi connectivity index (χ2v) is 7.39. The fourth-order valence-electron chi connectivity index (χ4n) is 4.91. The normalized spacial score (nSPS) is 58.6. The van der Waals surface area contributed by atoms with E-state index in [-0.39, 0.29) is 11.8 Å². The lowest BCUT2D eigenvalue weighted by atomic mass is 9.60. The molecule has 7 atom stereocenters. The van der Waals surface area contributed by atoms with Crippen molar-refractivity contribution in [3.05, 3.63) is 0 Å². The highest BCUT2D eigenvalue weighted by atomic mass is 17.3. The Morgan fingerprint density at radius 1 is 1.14 bits per heavy atom. The van der Waals surface area contributed by atoms with Gasteiger partial charge in [-0.2, -0.15) is 0 Å². The number of hydrogen-bond acceptors (Lipinski definition) is 5. The summed E-state index contributed by atoms with van der Waals surface area (Å²) < 4.78 is 11.9. The highest BCUT2D eigenvalue weighted by Crippen LogP contribution is 2.63. The van der Waals surface area contributed by atoms with Gasteiger partial charge in [0.2, 0.25) is 5.79 Å². The van der Waals surface area contributed by atoms with Gasteiger partial charge in [-0.05, 0) is 44.9 Å². The van der Waals surface area contributed by atoms with E-state index in [0.717, 1.165) is 25.7 Å². The van der Waals surface area contributed by atoms with Crippen molar-refractivity contribution in [2.75, 3.05) is 0 Å². The summed E-state index contributed by atoms with van der Waals surface area (Å²) in [4.78, 5) is 23.3. The van der Waals surface area contributed by atoms with E-state index in [1.54, 1.807) is 6.92 Å². The standard InChI is InChI=1S/C15H22O6/c1-8-4-5-10-14(3,11(16)17)19-12-15(10)9(8)6-7-13(2,18-12)20-21-15/h8-10,12H,4-7H2,1-3H3,(H,16,17)/t8-,9+,10+,12+,13-,14+,15-/m1/s1. The fraction of sp³-hybridized carbons (Fsp3) is 0.933. The average molecular weight is 298 g/mol. The monoisotopic (exact) mass is 298 g/mol. The van der Waals surface area contributed by atoms with E-state index in [0.29, 0.717) is 5.92 Å². The van der Waals surface area contributed by atoms with Crippen molar-refractivity contribution in [3.63, 3.8) is 0 Å². The lowest BCUT2D eigenvalue weighted by Gasteiger charge is -2.50. The van der Waals surface area contributed by atoms with Crippen molar-refractivity contribution < 1.29 is 29.1 Å². The number of carboxylic acids is 1. The van der Waals surface area contributed by atoms with Crippen LogP contribution in [0.2, 0.25) is 0 Å². The molecule has 0 radical (unpaired) electrons. The predicted molar refractivity (Wildman–Crippen MR) is 69.9 cm³/mol. The summed E-state index contributed by atoms with van der Waals surface area (Å²) in [6, 6.07) is 0. The molecular weight excluding hydrogens is 276 g/mol. The Kier molecular flexibility index (Phi) is 2.64. The Hall–Kier alpha value is -0.690. The Balaban J connectivity index is 1.86. The Morgan fingerprint density at radius 3 is 2.62 bits per heavy atom. The number of fused-ring (bicyclic) bond motifs is 2. The SMILES string of the molecule is C[C@@H]1CC[C@@H]2[C@]34OO[C@](C)(CC[C@@H]13)O[C@H]4O[C@]2(C)C(=O)O. The van der Waals surface area contributed by atoms with Gasteiger partial charge in [-0.15, -0.1) is 0 Å². The van der Waals surface area contributed by atoms with Crippen molar-refractivity contribution in [1.82, 2.24) is 0 Å². The molecule has 0 aromatic carbocycles. The van der Waals surface area contributed by atoms with Crippen LogP contribution in [0.3, 0.4) is 0 Å². The predicted octanol–water partition coefficient (Wildman–Crippen LogP) is 2.08. The maximum atomic E-state index is 11.8. The molecule has 4 aliphatic heterocycles. The van der Waals surface area contributed by atoms with Crippen LogP contribution in [0.1, 0.15) is 46.5 Å². The Bertz CT molecular complexity index is 495. The second kappa shape index (κ2) is 3.98. The van der Waals surface area contributed by atoms with E-state index < -0.39 is 29.2 Å². The lowest BCUT2D eigenvalue weighted by Crippen LogP contribution is -2.62. The van der Waals surface area contributed by atoms with Crippen LogP contribution in [0.15, 0.2) is 0 Å². The minimum absolute atomic E-state index is 0.201. The number of ether oxygens (including phenoxy) is 2. The molecule has 5 fully saturated rings. The summed E-state index contributed by atoms with van der Waals surface area (Å²) >= 11 is 0. The Morgan fingerprint density at radius 2 is 1.90 bits per heavy atom. The zero-order valence-corrected chi connectivity index (χ0v) is 12.6. The van der Waals surface area contributed by atoms with Crippen molar-refractivity contribution in [2.24, 2.45) is 17.8 Å². The van der Waals surface area contributed by atoms with Crippen molar-refractivity contribution in [2.45, 2.75) is 69.7 Å². The summed E-state index contributed by atoms with van der Waals surface area (Å²) in [5, 5.41) is 9.68. The van der Waals surface area contributed by atoms with Gasteiger partial charge >= 0.3 is 5.97 Å². The summed E-state index contributed by atoms with van der Waals surface area (Å²) in [5.74, 6) is -1.41. The first-order valence-electron chi connectivity index (χ1n) is 7.78. The van der Waals surface area contributed by atoms with Crippen LogP contribution in [0.25, 0.3) is 0 Å². The van der Waals surface area contributed by atoms with Gasteiger partial charge in [0.1, 0.15) is 0 Å². The Labute approximate surface area is 123 Å². The molecule has 0 amide bonds. The summed E-state index contributed by atoms with van der Waals surface area (Å²) in [5.41, 5.74) is -2.07.